The summed E-state index contributed by atoms with van der Waals surface area (Å²) in [6.45, 7) is 1.73. The molecule has 0 aromatic heterocycles. The summed E-state index contributed by atoms with van der Waals surface area (Å²) in [6, 6.07) is 7.34. The number of benzene rings is 1. The standard InChI is InChI=1S/C11H9BrO/c1-2-3-7-11(13)9-5-4-6-10(12)8-9/h4-6,8H,7H2,1H3. The second-order valence-corrected chi connectivity index (χ2v) is 3.45. The van der Waals surface area contributed by atoms with E-state index >= 15 is 0 Å². The molecule has 0 spiro atoms. The van der Waals surface area contributed by atoms with Crippen molar-refractivity contribution in [3.8, 4) is 11.8 Å². The number of hydrogen-bond donors (Lipinski definition) is 0. The van der Waals surface area contributed by atoms with Gasteiger partial charge in [-0.05, 0) is 19.1 Å². The van der Waals surface area contributed by atoms with E-state index in [0.717, 1.165) is 4.47 Å². The van der Waals surface area contributed by atoms with E-state index in [9.17, 15) is 4.79 Å². The first-order chi connectivity index (χ1) is 6.24. The number of hydrogen-bond acceptors (Lipinski definition) is 1. The molecule has 0 aliphatic rings. The first kappa shape index (κ1) is 10.0. The van der Waals surface area contributed by atoms with Gasteiger partial charge in [-0.3, -0.25) is 4.79 Å². The van der Waals surface area contributed by atoms with Crippen molar-refractivity contribution in [2.75, 3.05) is 0 Å². The summed E-state index contributed by atoms with van der Waals surface area (Å²) in [5, 5.41) is 0. The SMILES string of the molecule is CC#CCC(=O)c1cccc(Br)c1. The highest BCUT2D eigenvalue weighted by Gasteiger charge is 2.02. The summed E-state index contributed by atoms with van der Waals surface area (Å²) in [5.74, 6) is 5.52. The molecule has 0 heterocycles. The van der Waals surface area contributed by atoms with Gasteiger partial charge in [0.05, 0.1) is 6.42 Å². The van der Waals surface area contributed by atoms with Gasteiger partial charge in [0.2, 0.25) is 0 Å². The van der Waals surface area contributed by atoms with Gasteiger partial charge in [0.25, 0.3) is 0 Å². The zero-order valence-corrected chi connectivity index (χ0v) is 8.89. The van der Waals surface area contributed by atoms with Crippen LogP contribution in [0.25, 0.3) is 0 Å². The summed E-state index contributed by atoms with van der Waals surface area (Å²) < 4.78 is 0.919. The van der Waals surface area contributed by atoms with Crippen molar-refractivity contribution >= 4 is 21.7 Å². The molecule has 0 fully saturated rings. The molecule has 0 bridgehead atoms. The smallest absolute Gasteiger partial charge is 0.174 e. The van der Waals surface area contributed by atoms with Gasteiger partial charge in [-0.2, -0.15) is 0 Å². The molecular formula is C11H9BrO. The van der Waals surface area contributed by atoms with E-state index in [-0.39, 0.29) is 5.78 Å². The lowest BCUT2D eigenvalue weighted by atomic mass is 10.1. The summed E-state index contributed by atoms with van der Waals surface area (Å²) >= 11 is 3.31. The molecule has 0 unspecified atom stereocenters. The fourth-order valence-corrected chi connectivity index (χ4v) is 1.33. The third-order valence-electron chi connectivity index (χ3n) is 1.57. The maximum atomic E-state index is 11.4. The zero-order chi connectivity index (χ0) is 9.68. The second-order valence-electron chi connectivity index (χ2n) is 2.54. The molecule has 13 heavy (non-hydrogen) atoms. The van der Waals surface area contributed by atoms with Crippen molar-refractivity contribution in [1.29, 1.82) is 0 Å². The number of carbonyl (C=O) groups excluding carboxylic acids is 1. The van der Waals surface area contributed by atoms with E-state index in [4.69, 9.17) is 0 Å². The molecule has 1 aromatic carbocycles. The van der Waals surface area contributed by atoms with Gasteiger partial charge in [-0.15, -0.1) is 5.92 Å². The Morgan fingerprint density at radius 1 is 1.54 bits per heavy atom. The van der Waals surface area contributed by atoms with Crippen LogP contribution in [0, 0.1) is 11.8 Å². The highest BCUT2D eigenvalue weighted by Crippen LogP contribution is 2.12. The van der Waals surface area contributed by atoms with Crippen molar-refractivity contribution in [3.05, 3.63) is 34.3 Å². The largest absolute Gasteiger partial charge is 0.293 e. The normalized spacial score (nSPS) is 8.77. The van der Waals surface area contributed by atoms with Crippen molar-refractivity contribution in [3.63, 3.8) is 0 Å². The fourth-order valence-electron chi connectivity index (χ4n) is 0.933. The maximum absolute atomic E-state index is 11.4. The number of carbonyl (C=O) groups is 1. The molecule has 1 aromatic rings. The molecule has 1 rings (SSSR count). The predicted molar refractivity (Wildman–Crippen MR) is 56.5 cm³/mol. The average molecular weight is 237 g/mol. The number of halogens is 1. The molecule has 0 aliphatic carbocycles. The van der Waals surface area contributed by atoms with E-state index in [1.165, 1.54) is 0 Å². The van der Waals surface area contributed by atoms with Gasteiger partial charge in [0, 0.05) is 10.0 Å². The monoisotopic (exact) mass is 236 g/mol. The molecule has 66 valence electrons. The van der Waals surface area contributed by atoms with Crippen LogP contribution in [0.4, 0.5) is 0 Å². The molecule has 0 aliphatic heterocycles. The van der Waals surface area contributed by atoms with E-state index in [0.29, 0.717) is 12.0 Å². The topological polar surface area (TPSA) is 17.1 Å². The van der Waals surface area contributed by atoms with Crippen LogP contribution in [-0.2, 0) is 0 Å². The third kappa shape index (κ3) is 3.04. The van der Waals surface area contributed by atoms with Crippen LogP contribution in [0.5, 0.6) is 0 Å². The van der Waals surface area contributed by atoms with Gasteiger partial charge in [-0.1, -0.05) is 34.0 Å². The minimum Gasteiger partial charge on any atom is -0.293 e. The molecule has 2 heteroatoms. The van der Waals surface area contributed by atoms with Gasteiger partial charge < -0.3 is 0 Å². The summed E-state index contributed by atoms with van der Waals surface area (Å²) in [4.78, 5) is 11.4. The molecule has 0 N–H and O–H groups in total. The van der Waals surface area contributed by atoms with Crippen molar-refractivity contribution in [1.82, 2.24) is 0 Å². The molecule has 0 amide bonds. The van der Waals surface area contributed by atoms with E-state index < -0.39 is 0 Å². The summed E-state index contributed by atoms with van der Waals surface area (Å²) in [7, 11) is 0. The number of ketones is 1. The Kier molecular flexibility index (Phi) is 3.72. The second kappa shape index (κ2) is 4.84. The van der Waals surface area contributed by atoms with Gasteiger partial charge in [0.15, 0.2) is 5.78 Å². The van der Waals surface area contributed by atoms with Crippen LogP contribution in [-0.4, -0.2) is 5.78 Å². The van der Waals surface area contributed by atoms with Crippen LogP contribution in [0.15, 0.2) is 28.7 Å². The maximum Gasteiger partial charge on any atom is 0.174 e. The Labute approximate surface area is 86.3 Å². The summed E-state index contributed by atoms with van der Waals surface area (Å²) in [5.41, 5.74) is 0.706. The lowest BCUT2D eigenvalue weighted by Crippen LogP contribution is -1.96. The first-order valence-corrected chi connectivity index (χ1v) is 4.71. The number of rotatable bonds is 2. The Hall–Kier alpha value is -1.07. The van der Waals surface area contributed by atoms with Crippen molar-refractivity contribution in [2.45, 2.75) is 13.3 Å². The fraction of sp³-hybridized carbons (Fsp3) is 0.182. The molecule has 0 saturated carbocycles. The minimum absolute atomic E-state index is 0.0654. The average Bonchev–Trinajstić information content (AvgIpc) is 2.14. The lowest BCUT2D eigenvalue weighted by molar-refractivity contribution is 0.0998. The number of Topliss-reactive ketones (excluding diaryl/α,β-unsaturated/α-hetero) is 1. The molecular weight excluding hydrogens is 228 g/mol. The Morgan fingerprint density at radius 2 is 2.31 bits per heavy atom. The van der Waals surface area contributed by atoms with Crippen LogP contribution in [0.2, 0.25) is 0 Å². The van der Waals surface area contributed by atoms with Crippen LogP contribution in [0.1, 0.15) is 23.7 Å². The molecule has 0 saturated heterocycles. The minimum atomic E-state index is 0.0654. The Balaban J connectivity index is 2.81. The van der Waals surface area contributed by atoms with Crippen molar-refractivity contribution < 1.29 is 4.79 Å². The quantitative estimate of drug-likeness (QED) is 0.570. The highest BCUT2D eigenvalue weighted by molar-refractivity contribution is 9.10. The van der Waals surface area contributed by atoms with Crippen LogP contribution >= 0.6 is 15.9 Å². The van der Waals surface area contributed by atoms with Gasteiger partial charge >= 0.3 is 0 Å². The summed E-state index contributed by atoms with van der Waals surface area (Å²) in [6.07, 6.45) is 0.299. The predicted octanol–water partition coefficient (Wildman–Crippen LogP) is 3.05. The van der Waals surface area contributed by atoms with Crippen LogP contribution in [0.3, 0.4) is 0 Å². The van der Waals surface area contributed by atoms with Crippen LogP contribution < -0.4 is 0 Å². The first-order valence-electron chi connectivity index (χ1n) is 3.92. The lowest BCUT2D eigenvalue weighted by Gasteiger charge is -1.96. The van der Waals surface area contributed by atoms with E-state index in [2.05, 4.69) is 27.8 Å². The molecule has 1 nitrogen and oxygen atoms in total. The zero-order valence-electron chi connectivity index (χ0n) is 7.30. The van der Waals surface area contributed by atoms with E-state index in [1.807, 2.05) is 12.1 Å². The van der Waals surface area contributed by atoms with Gasteiger partial charge in [-0.25, -0.2) is 0 Å². The van der Waals surface area contributed by atoms with Crippen molar-refractivity contribution in [2.24, 2.45) is 0 Å². The van der Waals surface area contributed by atoms with E-state index in [1.54, 1.807) is 19.1 Å². The van der Waals surface area contributed by atoms with Gasteiger partial charge in [0.1, 0.15) is 0 Å². The highest BCUT2D eigenvalue weighted by atomic mass is 79.9. The molecule has 0 radical (unpaired) electrons. The molecule has 0 atom stereocenters. The third-order valence-corrected chi connectivity index (χ3v) is 2.07. The Bertz CT molecular complexity index is 371. The Morgan fingerprint density at radius 3 is 2.92 bits per heavy atom.